The largest absolute Gasteiger partial charge is 0.399 e. The molecule has 0 spiro atoms. The van der Waals surface area contributed by atoms with E-state index < -0.39 is 5.82 Å². The molecule has 0 saturated carbocycles. The minimum atomic E-state index is -0.448. The third-order valence-electron chi connectivity index (χ3n) is 2.10. The van der Waals surface area contributed by atoms with E-state index in [0.717, 1.165) is 15.7 Å². The van der Waals surface area contributed by atoms with Crippen LogP contribution < -0.4 is 5.73 Å². The molecule has 100 valence electrons. The Hall–Kier alpha value is -1.59. The number of nitrogens with zero attached hydrogens (tertiary/aromatic N) is 2. The van der Waals surface area contributed by atoms with E-state index >= 15 is 0 Å². The van der Waals surface area contributed by atoms with E-state index in [1.165, 1.54) is 12.1 Å². The zero-order valence-electron chi connectivity index (χ0n) is 9.60. The molecule has 1 fully saturated rings. The molecule has 2 rings (SSSR count). The predicted octanol–water partition coefficient (Wildman–Crippen LogP) is 2.43. The SMILES string of the molecule is N#CSc1ccc(N)cc1F.O=C1CCC(=O)N1Br. The van der Waals surface area contributed by atoms with Gasteiger partial charge in [0.2, 0.25) is 11.8 Å². The van der Waals surface area contributed by atoms with Gasteiger partial charge in [0, 0.05) is 18.5 Å². The lowest BCUT2D eigenvalue weighted by Crippen LogP contribution is -2.16. The van der Waals surface area contributed by atoms with Crippen LogP contribution in [0.3, 0.4) is 0 Å². The summed E-state index contributed by atoms with van der Waals surface area (Å²) in [4.78, 5) is 21.2. The van der Waals surface area contributed by atoms with E-state index in [0.29, 0.717) is 23.4 Å². The molecule has 0 bridgehead atoms. The number of halogens is 2. The number of anilines is 1. The van der Waals surface area contributed by atoms with Crippen LogP contribution in [0.2, 0.25) is 0 Å². The highest BCUT2D eigenvalue weighted by Gasteiger charge is 2.26. The van der Waals surface area contributed by atoms with Crippen LogP contribution in [0, 0.1) is 16.5 Å². The van der Waals surface area contributed by atoms with Gasteiger partial charge in [-0.15, -0.1) is 0 Å². The lowest BCUT2D eigenvalue weighted by Gasteiger charge is -1.97. The second-order valence-corrected chi connectivity index (χ2v) is 4.99. The summed E-state index contributed by atoms with van der Waals surface area (Å²) in [7, 11) is 0. The smallest absolute Gasteiger partial charge is 0.239 e. The molecule has 1 aromatic rings. The summed E-state index contributed by atoms with van der Waals surface area (Å²) in [6, 6.07) is 4.24. The van der Waals surface area contributed by atoms with Crippen molar-refractivity contribution in [3.05, 3.63) is 24.0 Å². The monoisotopic (exact) mass is 345 g/mol. The highest BCUT2D eigenvalue weighted by Crippen LogP contribution is 2.21. The van der Waals surface area contributed by atoms with Crippen LogP contribution >= 0.6 is 27.9 Å². The molecular formula is C11H9BrFN3O2S. The standard InChI is InChI=1S/C7H5FN2S.C4H4BrNO2/c8-6-3-5(10)1-2-7(6)11-4-9;5-6-3(7)1-2-4(6)8/h1-3H,10H2;1-2H2. The third kappa shape index (κ3) is 4.54. The summed E-state index contributed by atoms with van der Waals surface area (Å²) in [6.07, 6.45) is 0.703. The molecule has 1 aliphatic heterocycles. The number of rotatable bonds is 1. The molecule has 2 amide bonds. The quantitative estimate of drug-likeness (QED) is 0.277. The van der Waals surface area contributed by atoms with Crippen molar-refractivity contribution < 1.29 is 14.0 Å². The number of carbonyl (C=O) groups is 2. The maximum absolute atomic E-state index is 12.8. The van der Waals surface area contributed by atoms with Gasteiger partial charge < -0.3 is 5.73 Å². The zero-order valence-corrected chi connectivity index (χ0v) is 12.0. The highest BCUT2D eigenvalue weighted by molar-refractivity contribution is 9.08. The van der Waals surface area contributed by atoms with Crippen LogP contribution in [-0.4, -0.2) is 15.7 Å². The topological polar surface area (TPSA) is 87.2 Å². The summed E-state index contributed by atoms with van der Waals surface area (Å²) >= 11 is 3.59. The second kappa shape index (κ2) is 7.11. The van der Waals surface area contributed by atoms with Crippen LogP contribution in [0.5, 0.6) is 0 Å². The van der Waals surface area contributed by atoms with Crippen LogP contribution in [0.1, 0.15) is 12.8 Å². The number of benzene rings is 1. The predicted molar refractivity (Wildman–Crippen MR) is 72.3 cm³/mol. The van der Waals surface area contributed by atoms with Crippen molar-refractivity contribution in [3.8, 4) is 5.40 Å². The Morgan fingerprint density at radius 1 is 1.37 bits per heavy atom. The van der Waals surface area contributed by atoms with Crippen molar-refractivity contribution >= 4 is 45.4 Å². The molecule has 1 saturated heterocycles. The zero-order chi connectivity index (χ0) is 14.4. The van der Waals surface area contributed by atoms with Gasteiger partial charge in [0.05, 0.1) is 21.0 Å². The average molecular weight is 346 g/mol. The van der Waals surface area contributed by atoms with Crippen LogP contribution in [0.15, 0.2) is 23.1 Å². The Labute approximate surface area is 121 Å². The van der Waals surface area contributed by atoms with Crippen molar-refractivity contribution in [3.63, 3.8) is 0 Å². The molecule has 0 unspecified atom stereocenters. The van der Waals surface area contributed by atoms with Gasteiger partial charge in [0.15, 0.2) is 0 Å². The van der Waals surface area contributed by atoms with Crippen molar-refractivity contribution in [1.82, 2.24) is 3.93 Å². The van der Waals surface area contributed by atoms with E-state index in [1.807, 2.05) is 0 Å². The average Bonchev–Trinajstić information content (AvgIpc) is 2.65. The molecular weight excluding hydrogens is 337 g/mol. The summed E-state index contributed by atoms with van der Waals surface area (Å²) in [5.74, 6) is -0.735. The molecule has 1 aliphatic rings. The summed E-state index contributed by atoms with van der Waals surface area (Å²) < 4.78 is 13.8. The first-order valence-corrected chi connectivity index (χ1v) is 6.60. The Kier molecular flexibility index (Phi) is 5.79. The first-order valence-electron chi connectivity index (χ1n) is 5.08. The minimum absolute atomic E-state index is 0.144. The van der Waals surface area contributed by atoms with Gasteiger partial charge in [-0.05, 0) is 30.0 Å². The van der Waals surface area contributed by atoms with Gasteiger partial charge >= 0.3 is 0 Å². The van der Waals surface area contributed by atoms with Gasteiger partial charge in [-0.25, -0.2) is 8.32 Å². The minimum Gasteiger partial charge on any atom is -0.399 e. The van der Waals surface area contributed by atoms with E-state index in [-0.39, 0.29) is 11.8 Å². The molecule has 0 atom stereocenters. The van der Waals surface area contributed by atoms with Crippen LogP contribution in [0.4, 0.5) is 10.1 Å². The molecule has 2 N–H and O–H groups in total. The summed E-state index contributed by atoms with van der Waals surface area (Å²) in [5, 5.41) is 10.0. The van der Waals surface area contributed by atoms with Gasteiger partial charge in [-0.1, -0.05) is 0 Å². The number of thiocyanates is 1. The third-order valence-corrected chi connectivity index (χ3v) is 3.54. The van der Waals surface area contributed by atoms with Gasteiger partial charge in [0.25, 0.3) is 0 Å². The number of thioether (sulfide) groups is 1. The van der Waals surface area contributed by atoms with Crippen molar-refractivity contribution in [2.45, 2.75) is 17.7 Å². The number of nitrogens with two attached hydrogens (primary N) is 1. The Morgan fingerprint density at radius 2 is 1.95 bits per heavy atom. The number of carbonyl (C=O) groups excluding carboxylic acids is 2. The van der Waals surface area contributed by atoms with Crippen LogP contribution in [0.25, 0.3) is 0 Å². The van der Waals surface area contributed by atoms with E-state index in [9.17, 15) is 14.0 Å². The van der Waals surface area contributed by atoms with Crippen LogP contribution in [-0.2, 0) is 9.59 Å². The molecule has 0 aromatic heterocycles. The van der Waals surface area contributed by atoms with Gasteiger partial charge in [-0.3, -0.25) is 9.59 Å². The number of nitriles is 1. The normalized spacial score (nSPS) is 13.8. The fourth-order valence-electron chi connectivity index (χ4n) is 1.20. The summed E-state index contributed by atoms with van der Waals surface area (Å²) in [5.41, 5.74) is 5.66. The molecule has 1 aromatic carbocycles. The Balaban J connectivity index is 0.000000200. The van der Waals surface area contributed by atoms with Crippen molar-refractivity contribution in [1.29, 1.82) is 5.26 Å². The number of hydrogen-bond acceptors (Lipinski definition) is 5. The first-order chi connectivity index (χ1) is 8.95. The fourth-order valence-corrected chi connectivity index (χ4v) is 1.94. The first kappa shape index (κ1) is 15.5. The van der Waals surface area contributed by atoms with E-state index in [4.69, 9.17) is 11.0 Å². The maximum atomic E-state index is 12.8. The fraction of sp³-hybridized carbons (Fsp3) is 0.182. The molecule has 8 heteroatoms. The highest BCUT2D eigenvalue weighted by atomic mass is 79.9. The second-order valence-electron chi connectivity index (χ2n) is 3.45. The molecule has 19 heavy (non-hydrogen) atoms. The van der Waals surface area contributed by atoms with Crippen molar-refractivity contribution in [2.24, 2.45) is 0 Å². The van der Waals surface area contributed by atoms with E-state index in [1.54, 1.807) is 11.5 Å². The van der Waals surface area contributed by atoms with Crippen molar-refractivity contribution in [2.75, 3.05) is 5.73 Å². The number of nitrogen functional groups attached to an aromatic ring is 1. The number of imide groups is 1. The number of hydrogen-bond donors (Lipinski definition) is 1. The maximum Gasteiger partial charge on any atom is 0.239 e. The number of amides is 2. The Morgan fingerprint density at radius 3 is 2.32 bits per heavy atom. The lowest BCUT2D eigenvalue weighted by atomic mass is 10.3. The van der Waals surface area contributed by atoms with Gasteiger partial charge in [-0.2, -0.15) is 5.26 Å². The molecule has 0 radical (unpaired) electrons. The molecule has 5 nitrogen and oxygen atoms in total. The van der Waals surface area contributed by atoms with E-state index in [2.05, 4.69) is 16.1 Å². The molecule has 0 aliphatic carbocycles. The summed E-state index contributed by atoms with van der Waals surface area (Å²) in [6.45, 7) is 0. The lowest BCUT2D eigenvalue weighted by molar-refractivity contribution is -0.131. The van der Waals surface area contributed by atoms with Gasteiger partial charge in [0.1, 0.15) is 11.2 Å². The Bertz CT molecular complexity index is 531. The molecule has 1 heterocycles.